The Balaban J connectivity index is 2.32. The molecular weight excluding hydrogens is 224 g/mol. The van der Waals surface area contributed by atoms with E-state index in [0.717, 1.165) is 16.8 Å². The molecule has 16 heavy (non-hydrogen) atoms. The summed E-state index contributed by atoms with van der Waals surface area (Å²) in [6.07, 6.45) is 0. The van der Waals surface area contributed by atoms with Gasteiger partial charge in [0.2, 0.25) is 0 Å². The van der Waals surface area contributed by atoms with Crippen molar-refractivity contribution in [1.29, 1.82) is 10.8 Å². The molecule has 1 aliphatic heterocycles. The molecule has 0 atom stereocenters. The Morgan fingerprint density at radius 3 is 2.25 bits per heavy atom. The molecule has 0 spiro atoms. The minimum Gasteiger partial charge on any atom is -0.380 e. The third-order valence-corrected chi connectivity index (χ3v) is 2.67. The summed E-state index contributed by atoms with van der Waals surface area (Å²) >= 11 is 1.15. The SMILES string of the molecule is N=C1C(=N)N(c2ccc(SN)cc2)N=C1N. The van der Waals surface area contributed by atoms with Gasteiger partial charge in [0.25, 0.3) is 0 Å². The van der Waals surface area contributed by atoms with Gasteiger partial charge in [0, 0.05) is 4.90 Å². The van der Waals surface area contributed by atoms with E-state index in [0.29, 0.717) is 5.69 Å². The number of hydrogen-bond acceptors (Lipinski definition) is 6. The molecule has 0 fully saturated rings. The zero-order chi connectivity index (χ0) is 11.7. The molecule has 6 nitrogen and oxygen atoms in total. The monoisotopic (exact) mass is 234 g/mol. The van der Waals surface area contributed by atoms with Gasteiger partial charge in [-0.2, -0.15) is 0 Å². The number of benzene rings is 1. The Morgan fingerprint density at radius 1 is 1.19 bits per heavy atom. The standard InChI is InChI=1S/C9H10N6S/c10-7-8(11)14-15(9(7)12)5-1-3-6(16-13)4-2-5/h1-4,10,12H,13H2,(H2,11,14). The van der Waals surface area contributed by atoms with Crippen LogP contribution >= 0.6 is 11.9 Å². The highest BCUT2D eigenvalue weighted by Gasteiger charge is 2.25. The van der Waals surface area contributed by atoms with Gasteiger partial charge in [0.05, 0.1) is 5.69 Å². The van der Waals surface area contributed by atoms with Gasteiger partial charge in [0.1, 0.15) is 5.71 Å². The van der Waals surface area contributed by atoms with E-state index in [-0.39, 0.29) is 17.4 Å². The van der Waals surface area contributed by atoms with Crippen LogP contribution in [0.5, 0.6) is 0 Å². The molecule has 0 unspecified atom stereocenters. The quantitative estimate of drug-likeness (QED) is 0.565. The van der Waals surface area contributed by atoms with Crippen LogP contribution in [0.3, 0.4) is 0 Å². The lowest BCUT2D eigenvalue weighted by Crippen LogP contribution is -2.28. The molecule has 7 heteroatoms. The summed E-state index contributed by atoms with van der Waals surface area (Å²) in [6, 6.07) is 7.19. The van der Waals surface area contributed by atoms with Crippen LogP contribution < -0.4 is 15.9 Å². The van der Waals surface area contributed by atoms with Crippen molar-refractivity contribution in [3.05, 3.63) is 24.3 Å². The van der Waals surface area contributed by atoms with Crippen LogP contribution in [0.25, 0.3) is 0 Å². The maximum Gasteiger partial charge on any atom is 0.175 e. The van der Waals surface area contributed by atoms with Crippen molar-refractivity contribution >= 4 is 35.0 Å². The highest BCUT2D eigenvalue weighted by Crippen LogP contribution is 2.21. The summed E-state index contributed by atoms with van der Waals surface area (Å²) in [5, 5.41) is 25.8. The Morgan fingerprint density at radius 2 is 1.81 bits per heavy atom. The summed E-state index contributed by atoms with van der Waals surface area (Å²) in [6.45, 7) is 0. The number of nitrogens with two attached hydrogens (primary N) is 2. The second-order valence-electron chi connectivity index (χ2n) is 3.13. The molecule has 0 aliphatic carbocycles. The normalized spacial score (nSPS) is 15.6. The third kappa shape index (κ3) is 1.66. The van der Waals surface area contributed by atoms with Crippen molar-refractivity contribution in [1.82, 2.24) is 0 Å². The van der Waals surface area contributed by atoms with E-state index in [1.165, 1.54) is 5.01 Å². The average Bonchev–Trinajstić information content (AvgIpc) is 2.57. The van der Waals surface area contributed by atoms with Crippen LogP contribution in [0, 0.1) is 10.8 Å². The first kappa shape index (κ1) is 10.7. The lowest BCUT2D eigenvalue weighted by Gasteiger charge is -2.13. The van der Waals surface area contributed by atoms with Crippen molar-refractivity contribution in [2.24, 2.45) is 16.0 Å². The summed E-state index contributed by atoms with van der Waals surface area (Å²) in [5.41, 5.74) is 6.10. The van der Waals surface area contributed by atoms with Gasteiger partial charge in [0.15, 0.2) is 11.7 Å². The van der Waals surface area contributed by atoms with Gasteiger partial charge in [-0.25, -0.2) is 5.01 Å². The van der Waals surface area contributed by atoms with Gasteiger partial charge in [-0.05, 0) is 36.2 Å². The molecule has 6 N–H and O–H groups in total. The van der Waals surface area contributed by atoms with E-state index in [4.69, 9.17) is 21.7 Å². The van der Waals surface area contributed by atoms with Crippen LogP contribution in [0.2, 0.25) is 0 Å². The van der Waals surface area contributed by atoms with E-state index in [9.17, 15) is 0 Å². The van der Waals surface area contributed by atoms with Crippen LogP contribution in [-0.2, 0) is 0 Å². The molecule has 1 aromatic rings. The van der Waals surface area contributed by atoms with Crippen LogP contribution in [-0.4, -0.2) is 17.4 Å². The molecule has 1 aromatic carbocycles. The van der Waals surface area contributed by atoms with E-state index < -0.39 is 0 Å². The zero-order valence-electron chi connectivity index (χ0n) is 8.27. The molecule has 0 bridgehead atoms. The minimum absolute atomic E-state index is 0.0225. The summed E-state index contributed by atoms with van der Waals surface area (Å²) < 4.78 is 0. The zero-order valence-corrected chi connectivity index (χ0v) is 9.08. The van der Waals surface area contributed by atoms with Crippen molar-refractivity contribution in [3.8, 4) is 0 Å². The number of hydrazone groups is 1. The van der Waals surface area contributed by atoms with Crippen molar-refractivity contribution in [2.75, 3.05) is 5.01 Å². The number of nitrogens with one attached hydrogen (secondary N) is 2. The molecular formula is C9H10N6S. The molecule has 0 saturated carbocycles. The van der Waals surface area contributed by atoms with Crippen LogP contribution in [0.15, 0.2) is 34.3 Å². The molecule has 0 saturated heterocycles. The summed E-state index contributed by atoms with van der Waals surface area (Å²) in [5.74, 6) is 0.0351. The third-order valence-electron chi connectivity index (χ3n) is 2.13. The number of anilines is 1. The van der Waals surface area contributed by atoms with Crippen molar-refractivity contribution in [3.63, 3.8) is 0 Å². The second kappa shape index (κ2) is 3.95. The van der Waals surface area contributed by atoms with Gasteiger partial charge in [-0.15, -0.1) is 5.10 Å². The Kier molecular flexibility index (Phi) is 2.63. The fourth-order valence-corrected chi connectivity index (χ4v) is 1.58. The molecule has 82 valence electrons. The molecule has 1 heterocycles. The van der Waals surface area contributed by atoms with Gasteiger partial charge in [-0.1, -0.05) is 0 Å². The first-order valence-corrected chi connectivity index (χ1v) is 5.30. The number of rotatable bonds is 2. The predicted molar refractivity (Wildman–Crippen MR) is 66.0 cm³/mol. The lowest BCUT2D eigenvalue weighted by atomic mass is 10.3. The molecule has 0 amide bonds. The van der Waals surface area contributed by atoms with E-state index in [1.807, 2.05) is 12.1 Å². The highest BCUT2D eigenvalue weighted by atomic mass is 32.2. The first-order valence-electron chi connectivity index (χ1n) is 4.42. The Labute approximate surface area is 96.5 Å². The summed E-state index contributed by atoms with van der Waals surface area (Å²) in [7, 11) is 0. The van der Waals surface area contributed by atoms with Crippen LogP contribution in [0.1, 0.15) is 0 Å². The Bertz CT molecular complexity index is 477. The summed E-state index contributed by atoms with van der Waals surface area (Å²) in [4.78, 5) is 0.918. The largest absolute Gasteiger partial charge is 0.380 e. The second-order valence-corrected chi connectivity index (χ2v) is 3.84. The van der Waals surface area contributed by atoms with Gasteiger partial charge in [-0.3, -0.25) is 16.0 Å². The minimum atomic E-state index is -0.0581. The number of amidine groups is 2. The fraction of sp³-hybridized carbons (Fsp3) is 0. The van der Waals surface area contributed by atoms with Crippen LogP contribution in [0.4, 0.5) is 5.69 Å². The van der Waals surface area contributed by atoms with Gasteiger partial charge >= 0.3 is 0 Å². The molecule has 0 radical (unpaired) electrons. The number of hydrogen-bond donors (Lipinski definition) is 4. The molecule has 2 rings (SSSR count). The highest BCUT2D eigenvalue weighted by molar-refractivity contribution is 7.97. The van der Waals surface area contributed by atoms with Crippen molar-refractivity contribution in [2.45, 2.75) is 4.90 Å². The molecule has 1 aliphatic rings. The molecule has 0 aromatic heterocycles. The number of nitrogens with zero attached hydrogens (tertiary/aromatic N) is 2. The smallest absolute Gasteiger partial charge is 0.175 e. The fourth-order valence-electron chi connectivity index (χ4n) is 1.29. The van der Waals surface area contributed by atoms with Gasteiger partial charge < -0.3 is 5.73 Å². The lowest BCUT2D eigenvalue weighted by molar-refractivity contribution is 1.13. The topological polar surface area (TPSA) is 115 Å². The maximum atomic E-state index is 7.66. The first-order chi connectivity index (χ1) is 7.63. The average molecular weight is 234 g/mol. The Hall–Kier alpha value is -1.86. The van der Waals surface area contributed by atoms with Crippen molar-refractivity contribution < 1.29 is 0 Å². The van der Waals surface area contributed by atoms with E-state index in [2.05, 4.69) is 5.10 Å². The van der Waals surface area contributed by atoms with E-state index >= 15 is 0 Å². The predicted octanol–water partition coefficient (Wildman–Crippen LogP) is 0.742. The maximum absolute atomic E-state index is 7.66. The van der Waals surface area contributed by atoms with E-state index in [1.54, 1.807) is 12.1 Å².